The van der Waals surface area contributed by atoms with E-state index in [1.807, 2.05) is 38.1 Å². The quantitative estimate of drug-likeness (QED) is 0.660. The summed E-state index contributed by atoms with van der Waals surface area (Å²) in [5, 5.41) is 13.9. The Morgan fingerprint density at radius 1 is 1.23 bits per heavy atom. The first-order valence-electron chi connectivity index (χ1n) is 9.48. The molecule has 1 aliphatic heterocycles. The van der Waals surface area contributed by atoms with Gasteiger partial charge >= 0.3 is 12.1 Å². The molecule has 2 aromatic carbocycles. The molecule has 30 heavy (non-hydrogen) atoms. The maximum Gasteiger partial charge on any atom is 0.416 e. The van der Waals surface area contributed by atoms with Crippen LogP contribution in [0.4, 0.5) is 13.2 Å². The van der Waals surface area contributed by atoms with Crippen LogP contribution in [0.1, 0.15) is 48.1 Å². The Bertz CT molecular complexity index is 940. The Morgan fingerprint density at radius 3 is 2.43 bits per heavy atom. The highest BCUT2D eigenvalue weighted by Crippen LogP contribution is 2.41. The first-order chi connectivity index (χ1) is 14.2. The van der Waals surface area contributed by atoms with E-state index in [1.54, 1.807) is 0 Å². The van der Waals surface area contributed by atoms with Crippen molar-refractivity contribution >= 4 is 11.7 Å². The van der Waals surface area contributed by atoms with Crippen molar-refractivity contribution in [2.24, 2.45) is 5.16 Å². The summed E-state index contributed by atoms with van der Waals surface area (Å²) in [6.07, 6.45) is -5.18. The zero-order valence-electron chi connectivity index (χ0n) is 16.6. The molecule has 0 radical (unpaired) electrons. The van der Waals surface area contributed by atoms with Gasteiger partial charge in [0.05, 0.1) is 17.9 Å². The fourth-order valence-corrected chi connectivity index (χ4v) is 3.36. The molecule has 0 fully saturated rings. The van der Waals surface area contributed by atoms with Crippen LogP contribution in [0.2, 0.25) is 0 Å². The lowest BCUT2D eigenvalue weighted by atomic mass is 9.85. The summed E-state index contributed by atoms with van der Waals surface area (Å²) in [5.41, 5.74) is -0.0738. The van der Waals surface area contributed by atoms with E-state index in [1.165, 1.54) is 12.1 Å². The molecule has 3 rings (SSSR count). The summed E-state index contributed by atoms with van der Waals surface area (Å²) >= 11 is 0. The van der Waals surface area contributed by atoms with Crippen LogP contribution in [0, 0.1) is 6.92 Å². The van der Waals surface area contributed by atoms with E-state index in [0.29, 0.717) is 12.1 Å². The molecule has 0 aliphatic carbocycles. The van der Waals surface area contributed by atoms with Crippen LogP contribution < -0.4 is 0 Å². The fraction of sp³-hybridized carbons (Fsp3) is 0.364. The maximum absolute atomic E-state index is 13.0. The molecule has 1 aliphatic rings. The molecule has 8 heteroatoms. The first-order valence-corrected chi connectivity index (χ1v) is 9.48. The number of aryl methyl sites for hydroxylation is 1. The molecular weight excluding hydrogens is 399 g/mol. The molecule has 1 N–H and O–H groups in total. The highest BCUT2D eigenvalue weighted by Gasteiger charge is 2.54. The molecule has 0 saturated carbocycles. The topological polar surface area (TPSA) is 68.1 Å². The van der Waals surface area contributed by atoms with Gasteiger partial charge in [-0.25, -0.2) is 4.79 Å². The predicted octanol–water partition coefficient (Wildman–Crippen LogP) is 5.28. The minimum Gasteiger partial charge on any atom is -0.478 e. The number of hydrogen-bond donors (Lipinski definition) is 1. The standard InChI is InChI=1S/C22H22F3NO4/c1-3-18-12-21(20(27)28,30-26-18)19(29-13-16-7-5-4-6-14(16)2)15-8-10-17(11-9-15)22(23,24)25/h4-11,19H,3,12-13H2,1-2H3,(H,27,28). The number of hydrogen-bond acceptors (Lipinski definition) is 4. The fourth-order valence-electron chi connectivity index (χ4n) is 3.36. The van der Waals surface area contributed by atoms with E-state index in [9.17, 15) is 23.1 Å². The predicted molar refractivity (Wildman–Crippen MR) is 104 cm³/mol. The summed E-state index contributed by atoms with van der Waals surface area (Å²) < 4.78 is 44.9. The van der Waals surface area contributed by atoms with Crippen LogP contribution in [0.25, 0.3) is 0 Å². The molecule has 0 amide bonds. The summed E-state index contributed by atoms with van der Waals surface area (Å²) in [7, 11) is 0. The van der Waals surface area contributed by atoms with Gasteiger partial charge in [0.25, 0.3) is 5.60 Å². The van der Waals surface area contributed by atoms with Crippen molar-refractivity contribution in [1.29, 1.82) is 0 Å². The van der Waals surface area contributed by atoms with E-state index in [2.05, 4.69) is 5.16 Å². The van der Waals surface area contributed by atoms with Crippen molar-refractivity contribution in [1.82, 2.24) is 0 Å². The molecule has 0 spiro atoms. The summed E-state index contributed by atoms with van der Waals surface area (Å²) in [5.74, 6) is -1.29. The normalized spacial score (nSPS) is 19.8. The van der Waals surface area contributed by atoms with E-state index < -0.39 is 29.4 Å². The lowest BCUT2D eigenvalue weighted by molar-refractivity contribution is -0.187. The van der Waals surface area contributed by atoms with E-state index in [0.717, 1.165) is 23.3 Å². The van der Waals surface area contributed by atoms with Crippen molar-refractivity contribution in [3.63, 3.8) is 0 Å². The van der Waals surface area contributed by atoms with Gasteiger partial charge in [-0.1, -0.05) is 48.5 Å². The average molecular weight is 421 g/mol. The molecule has 2 atom stereocenters. The van der Waals surface area contributed by atoms with Gasteiger partial charge in [-0.3, -0.25) is 0 Å². The summed E-state index contributed by atoms with van der Waals surface area (Å²) in [6.45, 7) is 3.78. The lowest BCUT2D eigenvalue weighted by Crippen LogP contribution is -2.46. The minimum atomic E-state index is -4.50. The Labute approximate surface area is 172 Å². The second-order valence-corrected chi connectivity index (χ2v) is 7.21. The van der Waals surface area contributed by atoms with Gasteiger partial charge in [0, 0.05) is 6.42 Å². The van der Waals surface area contributed by atoms with Gasteiger partial charge in [-0.15, -0.1) is 0 Å². The number of halogens is 3. The number of carboxylic acid groups (broad SMARTS) is 1. The molecule has 1 heterocycles. The number of nitrogens with zero attached hydrogens (tertiary/aromatic N) is 1. The van der Waals surface area contributed by atoms with E-state index in [-0.39, 0.29) is 18.6 Å². The third-order valence-corrected chi connectivity index (χ3v) is 5.21. The molecule has 2 aromatic rings. The molecule has 0 bridgehead atoms. The van der Waals surface area contributed by atoms with E-state index >= 15 is 0 Å². The van der Waals surface area contributed by atoms with Gasteiger partial charge in [0.1, 0.15) is 6.10 Å². The van der Waals surface area contributed by atoms with Crippen molar-refractivity contribution in [3.05, 3.63) is 70.8 Å². The van der Waals surface area contributed by atoms with Gasteiger partial charge in [-0.2, -0.15) is 13.2 Å². The van der Waals surface area contributed by atoms with Crippen molar-refractivity contribution < 1.29 is 32.6 Å². The molecule has 160 valence electrons. The highest BCUT2D eigenvalue weighted by molar-refractivity contribution is 5.93. The second kappa shape index (κ2) is 8.47. The van der Waals surface area contributed by atoms with Crippen LogP contribution in [-0.4, -0.2) is 22.4 Å². The maximum atomic E-state index is 13.0. The van der Waals surface area contributed by atoms with Crippen LogP contribution in [0.5, 0.6) is 0 Å². The zero-order valence-corrected chi connectivity index (χ0v) is 16.6. The second-order valence-electron chi connectivity index (χ2n) is 7.21. The SMILES string of the molecule is CCC1=NOC(C(=O)O)(C(OCc2ccccc2C)c2ccc(C(F)(F)F)cc2)C1. The third-order valence-electron chi connectivity index (χ3n) is 5.21. The number of benzene rings is 2. The number of oxime groups is 1. The molecule has 2 unspecified atom stereocenters. The zero-order chi connectivity index (χ0) is 21.9. The van der Waals surface area contributed by atoms with Crippen molar-refractivity contribution in [2.45, 2.75) is 51.2 Å². The minimum absolute atomic E-state index is 0.0156. The third kappa shape index (κ3) is 4.33. The molecular formula is C22H22F3NO4. The Balaban J connectivity index is 1.98. The lowest BCUT2D eigenvalue weighted by Gasteiger charge is -2.32. The number of carbonyl (C=O) groups is 1. The van der Waals surface area contributed by atoms with E-state index in [4.69, 9.17) is 9.57 Å². The summed E-state index contributed by atoms with van der Waals surface area (Å²) in [4.78, 5) is 17.6. The number of carboxylic acids is 1. The smallest absolute Gasteiger partial charge is 0.416 e. The van der Waals surface area contributed by atoms with Gasteiger partial charge in [0.15, 0.2) is 0 Å². The number of rotatable bonds is 7. The van der Waals surface area contributed by atoms with Gasteiger partial charge in [-0.05, 0) is 42.2 Å². The van der Waals surface area contributed by atoms with Crippen LogP contribution in [0.15, 0.2) is 53.7 Å². The Morgan fingerprint density at radius 2 is 1.90 bits per heavy atom. The number of alkyl halides is 3. The molecule has 0 saturated heterocycles. The number of ether oxygens (including phenoxy) is 1. The number of aliphatic carboxylic acids is 1. The van der Waals surface area contributed by atoms with Crippen molar-refractivity contribution in [2.75, 3.05) is 0 Å². The highest BCUT2D eigenvalue weighted by atomic mass is 19.4. The Hall–Kier alpha value is -2.87. The van der Waals surface area contributed by atoms with Crippen molar-refractivity contribution in [3.8, 4) is 0 Å². The molecule has 5 nitrogen and oxygen atoms in total. The molecule has 0 aromatic heterocycles. The van der Waals surface area contributed by atoms with Gasteiger partial charge in [0.2, 0.25) is 0 Å². The monoisotopic (exact) mass is 421 g/mol. The average Bonchev–Trinajstić information content (AvgIpc) is 3.15. The van der Waals surface area contributed by atoms with Gasteiger partial charge < -0.3 is 14.7 Å². The van der Waals surface area contributed by atoms with Crippen LogP contribution >= 0.6 is 0 Å². The van der Waals surface area contributed by atoms with Crippen LogP contribution in [0.3, 0.4) is 0 Å². The largest absolute Gasteiger partial charge is 0.478 e. The summed E-state index contributed by atoms with van der Waals surface area (Å²) in [6, 6.07) is 11.7. The van der Waals surface area contributed by atoms with Crippen LogP contribution in [-0.2, 0) is 27.2 Å². The Kier molecular flexibility index (Phi) is 6.17. The first kappa shape index (κ1) is 21.8.